The molecule has 0 unspecified atom stereocenters. The van der Waals surface area contributed by atoms with E-state index >= 15 is 0 Å². The Morgan fingerprint density at radius 3 is 2.60 bits per heavy atom. The number of nitrogens with two attached hydrogens (primary N) is 1. The molecule has 1 aliphatic heterocycles. The standard InChI is InChI=1S/C14H20N4S2/c1-9-8-19-12(16-9)10-11(15)17-20-13(10)18-6-4-14(2,3)5-7-18/h8H,4-7H2,1-3H3,(H2,15,17). The number of aromatic nitrogens is 2. The van der Waals surface area contributed by atoms with Crippen LogP contribution in [0.3, 0.4) is 0 Å². The van der Waals surface area contributed by atoms with E-state index in [0.717, 1.165) is 29.4 Å². The van der Waals surface area contributed by atoms with Crippen LogP contribution >= 0.6 is 22.9 Å². The van der Waals surface area contributed by atoms with Crippen LogP contribution < -0.4 is 10.6 Å². The van der Waals surface area contributed by atoms with E-state index in [9.17, 15) is 0 Å². The van der Waals surface area contributed by atoms with E-state index in [1.165, 1.54) is 29.4 Å². The molecule has 3 rings (SSSR count). The number of nitrogens with zero attached hydrogens (tertiary/aromatic N) is 3. The Bertz CT molecular complexity index is 604. The van der Waals surface area contributed by atoms with Crippen LogP contribution in [0.15, 0.2) is 5.38 Å². The number of rotatable bonds is 2. The fraction of sp³-hybridized carbons (Fsp3) is 0.571. The fourth-order valence-electron chi connectivity index (χ4n) is 2.49. The largest absolute Gasteiger partial charge is 0.382 e. The van der Waals surface area contributed by atoms with Crippen LogP contribution in [0.5, 0.6) is 0 Å². The molecule has 2 aromatic rings. The van der Waals surface area contributed by atoms with Crippen molar-refractivity contribution in [3.05, 3.63) is 11.1 Å². The normalized spacial score (nSPS) is 18.4. The van der Waals surface area contributed by atoms with Crippen molar-refractivity contribution in [2.45, 2.75) is 33.6 Å². The lowest BCUT2D eigenvalue weighted by atomic mass is 9.83. The van der Waals surface area contributed by atoms with Gasteiger partial charge in [0.1, 0.15) is 15.8 Å². The average Bonchev–Trinajstić information content (AvgIpc) is 2.96. The van der Waals surface area contributed by atoms with Crippen molar-refractivity contribution in [1.82, 2.24) is 9.36 Å². The van der Waals surface area contributed by atoms with Crippen LogP contribution in [-0.4, -0.2) is 22.4 Å². The lowest BCUT2D eigenvalue weighted by molar-refractivity contribution is 0.280. The van der Waals surface area contributed by atoms with Gasteiger partial charge in [0.2, 0.25) is 0 Å². The van der Waals surface area contributed by atoms with Crippen LogP contribution in [0.2, 0.25) is 0 Å². The molecule has 0 saturated carbocycles. The zero-order valence-electron chi connectivity index (χ0n) is 12.1. The Morgan fingerprint density at radius 2 is 2.00 bits per heavy atom. The van der Waals surface area contributed by atoms with Crippen LogP contribution in [-0.2, 0) is 0 Å². The quantitative estimate of drug-likeness (QED) is 0.917. The van der Waals surface area contributed by atoms with E-state index < -0.39 is 0 Å². The number of piperidine rings is 1. The first-order chi connectivity index (χ1) is 9.46. The molecular weight excluding hydrogens is 288 g/mol. The second-order valence-electron chi connectivity index (χ2n) is 6.19. The van der Waals surface area contributed by atoms with E-state index in [1.54, 1.807) is 11.3 Å². The van der Waals surface area contributed by atoms with Crippen LogP contribution in [0.1, 0.15) is 32.4 Å². The summed E-state index contributed by atoms with van der Waals surface area (Å²) in [6.07, 6.45) is 2.42. The second-order valence-corrected chi connectivity index (χ2v) is 7.80. The first kappa shape index (κ1) is 13.8. The summed E-state index contributed by atoms with van der Waals surface area (Å²) in [5, 5.41) is 4.25. The first-order valence-electron chi connectivity index (χ1n) is 6.89. The van der Waals surface area contributed by atoms with Gasteiger partial charge in [0.25, 0.3) is 0 Å². The number of hydrogen-bond donors (Lipinski definition) is 1. The highest BCUT2D eigenvalue weighted by Gasteiger charge is 2.29. The van der Waals surface area contributed by atoms with Crippen molar-refractivity contribution in [1.29, 1.82) is 0 Å². The third-order valence-corrected chi connectivity index (χ3v) is 5.84. The highest BCUT2D eigenvalue weighted by Crippen LogP contribution is 2.43. The van der Waals surface area contributed by atoms with Gasteiger partial charge in [0.15, 0.2) is 0 Å². The Balaban J connectivity index is 1.92. The zero-order chi connectivity index (χ0) is 14.3. The van der Waals surface area contributed by atoms with E-state index in [4.69, 9.17) is 5.73 Å². The van der Waals surface area contributed by atoms with Gasteiger partial charge in [-0.25, -0.2) is 4.98 Å². The zero-order valence-corrected chi connectivity index (χ0v) is 13.8. The van der Waals surface area contributed by atoms with Gasteiger partial charge < -0.3 is 10.6 Å². The van der Waals surface area contributed by atoms with Crippen molar-refractivity contribution >= 4 is 33.7 Å². The van der Waals surface area contributed by atoms with Crippen molar-refractivity contribution in [3.8, 4) is 10.6 Å². The number of nitrogen functional groups attached to an aromatic ring is 1. The van der Waals surface area contributed by atoms with Crippen molar-refractivity contribution in [2.75, 3.05) is 23.7 Å². The lowest BCUT2D eigenvalue weighted by Crippen LogP contribution is -2.37. The summed E-state index contributed by atoms with van der Waals surface area (Å²) >= 11 is 3.15. The van der Waals surface area contributed by atoms with Gasteiger partial charge >= 0.3 is 0 Å². The van der Waals surface area contributed by atoms with Crippen LogP contribution in [0.4, 0.5) is 10.8 Å². The fourth-order valence-corrected chi connectivity index (χ4v) is 4.28. The van der Waals surface area contributed by atoms with Gasteiger partial charge in [0, 0.05) is 24.2 Å². The van der Waals surface area contributed by atoms with Crippen molar-refractivity contribution < 1.29 is 0 Å². The summed E-state index contributed by atoms with van der Waals surface area (Å²) in [5.41, 5.74) is 8.61. The van der Waals surface area contributed by atoms with Crippen molar-refractivity contribution in [2.24, 2.45) is 5.41 Å². The summed E-state index contributed by atoms with van der Waals surface area (Å²) in [6, 6.07) is 0. The second kappa shape index (κ2) is 5.00. The van der Waals surface area contributed by atoms with Gasteiger partial charge in [-0.2, -0.15) is 4.37 Å². The van der Waals surface area contributed by atoms with Crippen LogP contribution in [0, 0.1) is 12.3 Å². The minimum absolute atomic E-state index is 0.449. The van der Waals surface area contributed by atoms with E-state index in [1.807, 2.05) is 6.92 Å². The summed E-state index contributed by atoms with van der Waals surface area (Å²) < 4.78 is 4.36. The van der Waals surface area contributed by atoms with Crippen molar-refractivity contribution in [3.63, 3.8) is 0 Å². The predicted molar refractivity (Wildman–Crippen MR) is 87.6 cm³/mol. The molecule has 0 spiro atoms. The summed E-state index contributed by atoms with van der Waals surface area (Å²) in [7, 11) is 0. The van der Waals surface area contributed by atoms with Gasteiger partial charge in [-0.1, -0.05) is 13.8 Å². The highest BCUT2D eigenvalue weighted by atomic mass is 32.1. The molecule has 1 aliphatic rings. The molecule has 2 N–H and O–H groups in total. The van der Waals surface area contributed by atoms with E-state index in [2.05, 4.69) is 33.5 Å². The SMILES string of the molecule is Cc1csc(-c2c(N)nsc2N2CCC(C)(C)CC2)n1. The lowest BCUT2D eigenvalue weighted by Gasteiger charge is -2.37. The molecule has 20 heavy (non-hydrogen) atoms. The number of anilines is 2. The molecule has 0 bridgehead atoms. The Morgan fingerprint density at radius 1 is 1.30 bits per heavy atom. The van der Waals surface area contributed by atoms with Gasteiger partial charge in [-0.05, 0) is 36.7 Å². The molecule has 6 heteroatoms. The molecule has 3 heterocycles. The Kier molecular flexibility index (Phi) is 3.46. The molecule has 0 aromatic carbocycles. The molecule has 1 saturated heterocycles. The van der Waals surface area contributed by atoms with Gasteiger partial charge in [-0.3, -0.25) is 0 Å². The molecule has 4 nitrogen and oxygen atoms in total. The van der Waals surface area contributed by atoms with E-state index in [-0.39, 0.29) is 0 Å². The average molecular weight is 308 g/mol. The third kappa shape index (κ3) is 2.54. The number of thiazole rings is 1. The van der Waals surface area contributed by atoms with Crippen LogP contribution in [0.25, 0.3) is 10.6 Å². The summed E-state index contributed by atoms with van der Waals surface area (Å²) in [6.45, 7) is 8.85. The minimum atomic E-state index is 0.449. The molecule has 0 aliphatic carbocycles. The first-order valence-corrected chi connectivity index (χ1v) is 8.54. The Hall–Kier alpha value is -1.14. The maximum atomic E-state index is 6.08. The molecule has 2 aromatic heterocycles. The molecular formula is C14H20N4S2. The van der Waals surface area contributed by atoms with Gasteiger partial charge in [-0.15, -0.1) is 11.3 Å². The monoisotopic (exact) mass is 308 g/mol. The van der Waals surface area contributed by atoms with Gasteiger partial charge in [0.05, 0.1) is 5.56 Å². The highest BCUT2D eigenvalue weighted by molar-refractivity contribution is 7.15. The topological polar surface area (TPSA) is 55.0 Å². The molecule has 1 fully saturated rings. The molecule has 0 amide bonds. The number of aryl methyl sites for hydroxylation is 1. The minimum Gasteiger partial charge on any atom is -0.382 e. The van der Waals surface area contributed by atoms with E-state index in [0.29, 0.717) is 11.2 Å². The Labute approximate surface area is 127 Å². The third-order valence-electron chi connectivity index (χ3n) is 3.94. The summed E-state index contributed by atoms with van der Waals surface area (Å²) in [4.78, 5) is 7.00. The maximum Gasteiger partial charge on any atom is 0.149 e. The summed E-state index contributed by atoms with van der Waals surface area (Å²) in [5.74, 6) is 0.615. The smallest absolute Gasteiger partial charge is 0.149 e. The molecule has 108 valence electrons. The predicted octanol–water partition coefficient (Wildman–Crippen LogP) is 3.78. The molecule has 0 atom stereocenters. The maximum absolute atomic E-state index is 6.08. The molecule has 0 radical (unpaired) electrons. The number of hydrogen-bond acceptors (Lipinski definition) is 6.